The van der Waals surface area contributed by atoms with Gasteiger partial charge in [0.1, 0.15) is 0 Å². The van der Waals surface area contributed by atoms with E-state index in [0.717, 1.165) is 19.5 Å². The van der Waals surface area contributed by atoms with Crippen molar-refractivity contribution in [2.45, 2.75) is 78.9 Å². The number of hydrogen-bond donors (Lipinski definition) is 1. The molecule has 0 saturated heterocycles. The number of nitrogens with one attached hydrogen (secondary N) is 1. The average molecular weight is 342 g/mol. The molecule has 1 aliphatic carbocycles. The highest BCUT2D eigenvalue weighted by Crippen LogP contribution is 2.35. The molecule has 1 aromatic heterocycles. The van der Waals surface area contributed by atoms with Crippen LogP contribution in [0, 0.1) is 5.41 Å². The average Bonchev–Trinajstić information content (AvgIpc) is 2.73. The van der Waals surface area contributed by atoms with E-state index >= 15 is 0 Å². The van der Waals surface area contributed by atoms with Crippen LogP contribution in [0.3, 0.4) is 0 Å². The Balaban J connectivity index is 2.08. The summed E-state index contributed by atoms with van der Waals surface area (Å²) < 4.78 is 3.33. The van der Waals surface area contributed by atoms with E-state index < -0.39 is 0 Å². The Bertz CT molecular complexity index is 451. The Morgan fingerprint density at radius 1 is 1.35 bits per heavy atom. The maximum absolute atomic E-state index is 4.68. The maximum Gasteiger partial charge on any atom is 0.0767 e. The molecule has 0 aliphatic heterocycles. The molecule has 0 amide bonds. The van der Waals surface area contributed by atoms with Gasteiger partial charge in [-0.2, -0.15) is 5.10 Å². The number of aryl methyl sites for hydroxylation is 2. The normalized spacial score (nSPS) is 22.1. The molecule has 1 atom stereocenters. The molecular formula is C16H28BrN3. The molecular weight excluding hydrogens is 314 g/mol. The fraction of sp³-hybridized carbons (Fsp3) is 0.812. The van der Waals surface area contributed by atoms with Gasteiger partial charge in [0, 0.05) is 19.1 Å². The summed E-state index contributed by atoms with van der Waals surface area (Å²) in [6.45, 7) is 11.0. The molecule has 1 fully saturated rings. The number of rotatable bonds is 5. The highest BCUT2D eigenvalue weighted by Gasteiger charge is 2.32. The molecule has 3 nitrogen and oxygen atoms in total. The summed E-state index contributed by atoms with van der Waals surface area (Å²) in [5.41, 5.74) is 2.88. The lowest BCUT2D eigenvalue weighted by atomic mass is 9.73. The van der Waals surface area contributed by atoms with Crippen molar-refractivity contribution in [1.82, 2.24) is 15.1 Å². The summed E-state index contributed by atoms with van der Waals surface area (Å²) in [5, 5.41) is 8.47. The number of nitrogens with zero attached hydrogens (tertiary/aromatic N) is 2. The highest BCUT2D eigenvalue weighted by atomic mass is 79.9. The molecule has 1 heterocycles. The van der Waals surface area contributed by atoms with E-state index in [0.29, 0.717) is 11.5 Å². The Labute approximate surface area is 131 Å². The third-order valence-electron chi connectivity index (χ3n) is 4.72. The van der Waals surface area contributed by atoms with Crippen LogP contribution in [-0.2, 0) is 19.5 Å². The molecule has 0 bridgehead atoms. The van der Waals surface area contributed by atoms with Gasteiger partial charge in [-0.15, -0.1) is 0 Å². The summed E-state index contributed by atoms with van der Waals surface area (Å²) in [7, 11) is 0. The van der Waals surface area contributed by atoms with Gasteiger partial charge >= 0.3 is 0 Å². The zero-order valence-corrected chi connectivity index (χ0v) is 14.9. The van der Waals surface area contributed by atoms with E-state index in [2.05, 4.69) is 58.7 Å². The molecule has 20 heavy (non-hydrogen) atoms. The van der Waals surface area contributed by atoms with Crippen molar-refractivity contribution < 1.29 is 0 Å². The van der Waals surface area contributed by atoms with Gasteiger partial charge in [-0.25, -0.2) is 0 Å². The van der Waals surface area contributed by atoms with Crippen molar-refractivity contribution in [3.05, 3.63) is 15.9 Å². The fourth-order valence-corrected chi connectivity index (χ4v) is 3.98. The van der Waals surface area contributed by atoms with Gasteiger partial charge in [-0.1, -0.05) is 33.6 Å². The van der Waals surface area contributed by atoms with Crippen LogP contribution in [0.4, 0.5) is 0 Å². The minimum atomic E-state index is 0.412. The molecule has 114 valence electrons. The van der Waals surface area contributed by atoms with Crippen LogP contribution in [0.15, 0.2) is 4.47 Å². The van der Waals surface area contributed by atoms with Crippen LogP contribution in [0.2, 0.25) is 0 Å². The quantitative estimate of drug-likeness (QED) is 0.865. The van der Waals surface area contributed by atoms with Gasteiger partial charge in [-0.05, 0) is 47.5 Å². The lowest BCUT2D eigenvalue weighted by Gasteiger charge is -2.39. The fourth-order valence-electron chi connectivity index (χ4n) is 3.28. The first-order chi connectivity index (χ1) is 9.49. The molecule has 1 aromatic rings. The van der Waals surface area contributed by atoms with E-state index in [1.807, 2.05) is 0 Å². The van der Waals surface area contributed by atoms with E-state index in [1.165, 1.54) is 41.5 Å². The van der Waals surface area contributed by atoms with Crippen molar-refractivity contribution in [3.63, 3.8) is 0 Å². The van der Waals surface area contributed by atoms with Crippen LogP contribution >= 0.6 is 15.9 Å². The topological polar surface area (TPSA) is 29.9 Å². The van der Waals surface area contributed by atoms with Gasteiger partial charge in [0.25, 0.3) is 0 Å². The molecule has 0 radical (unpaired) electrons. The lowest BCUT2D eigenvalue weighted by molar-refractivity contribution is 0.166. The predicted octanol–water partition coefficient (Wildman–Crippen LogP) is 4.29. The van der Waals surface area contributed by atoms with E-state index in [-0.39, 0.29) is 0 Å². The van der Waals surface area contributed by atoms with E-state index in [4.69, 9.17) is 0 Å². The van der Waals surface area contributed by atoms with Crippen LogP contribution in [0.25, 0.3) is 0 Å². The van der Waals surface area contributed by atoms with Gasteiger partial charge in [0.05, 0.1) is 15.9 Å². The maximum atomic E-state index is 4.68. The zero-order chi connectivity index (χ0) is 14.8. The molecule has 1 unspecified atom stereocenters. The summed E-state index contributed by atoms with van der Waals surface area (Å²) in [5.74, 6) is 0. The Morgan fingerprint density at radius 2 is 2.10 bits per heavy atom. The van der Waals surface area contributed by atoms with Crippen molar-refractivity contribution in [3.8, 4) is 0 Å². The number of halogens is 1. The predicted molar refractivity (Wildman–Crippen MR) is 87.9 cm³/mol. The minimum Gasteiger partial charge on any atom is -0.308 e. The smallest absolute Gasteiger partial charge is 0.0767 e. The Hall–Kier alpha value is -0.350. The van der Waals surface area contributed by atoms with Crippen LogP contribution in [0.1, 0.15) is 64.8 Å². The second-order valence-electron chi connectivity index (χ2n) is 6.54. The van der Waals surface area contributed by atoms with E-state index in [1.54, 1.807) is 0 Å². The molecule has 4 heteroatoms. The molecule has 2 rings (SSSR count). The number of hydrogen-bond acceptors (Lipinski definition) is 2. The Morgan fingerprint density at radius 3 is 2.70 bits per heavy atom. The van der Waals surface area contributed by atoms with Gasteiger partial charge in [0.2, 0.25) is 0 Å². The summed E-state index contributed by atoms with van der Waals surface area (Å²) in [6.07, 6.45) is 6.34. The summed E-state index contributed by atoms with van der Waals surface area (Å²) >= 11 is 3.73. The first-order valence-electron chi connectivity index (χ1n) is 7.97. The largest absolute Gasteiger partial charge is 0.308 e. The molecule has 0 spiro atoms. The number of aromatic nitrogens is 2. The second-order valence-corrected chi connectivity index (χ2v) is 7.34. The Kier molecular flexibility index (Phi) is 5.30. The lowest BCUT2D eigenvalue weighted by Crippen LogP contribution is -2.44. The van der Waals surface area contributed by atoms with Crippen LogP contribution < -0.4 is 5.32 Å². The van der Waals surface area contributed by atoms with Gasteiger partial charge in [-0.3, -0.25) is 4.68 Å². The van der Waals surface area contributed by atoms with Crippen LogP contribution in [-0.4, -0.2) is 15.8 Å². The first kappa shape index (κ1) is 16.0. The molecule has 1 N–H and O–H groups in total. The van der Waals surface area contributed by atoms with Crippen molar-refractivity contribution >= 4 is 15.9 Å². The first-order valence-corrected chi connectivity index (χ1v) is 8.76. The molecule has 0 aromatic carbocycles. The summed E-state index contributed by atoms with van der Waals surface area (Å²) in [4.78, 5) is 0. The molecule has 1 aliphatic rings. The van der Waals surface area contributed by atoms with Crippen molar-refractivity contribution in [2.24, 2.45) is 5.41 Å². The third kappa shape index (κ3) is 3.28. The summed E-state index contributed by atoms with van der Waals surface area (Å²) in [6, 6.07) is 0.619. The highest BCUT2D eigenvalue weighted by molar-refractivity contribution is 9.10. The monoisotopic (exact) mass is 341 g/mol. The van der Waals surface area contributed by atoms with Gasteiger partial charge < -0.3 is 5.32 Å². The SMILES string of the molecule is CCc1nn(CC)c(CNC2CCCCC2(C)C)c1Br. The van der Waals surface area contributed by atoms with E-state index in [9.17, 15) is 0 Å². The minimum absolute atomic E-state index is 0.412. The second kappa shape index (κ2) is 6.61. The molecule has 1 saturated carbocycles. The zero-order valence-electron chi connectivity index (χ0n) is 13.3. The van der Waals surface area contributed by atoms with Crippen molar-refractivity contribution in [1.29, 1.82) is 0 Å². The third-order valence-corrected chi connectivity index (χ3v) is 5.63. The van der Waals surface area contributed by atoms with Crippen LogP contribution in [0.5, 0.6) is 0 Å². The van der Waals surface area contributed by atoms with Crippen molar-refractivity contribution in [2.75, 3.05) is 0 Å². The van der Waals surface area contributed by atoms with Gasteiger partial charge in [0.15, 0.2) is 0 Å². The standard InChI is InChI=1S/C16H28BrN3/c1-5-12-15(17)13(20(6-2)19-12)11-18-14-9-7-8-10-16(14,3)4/h14,18H,5-11H2,1-4H3.